The minimum Gasteiger partial charge on any atom is -0.443 e. The number of carbonyl (C=O) groups is 2. The Kier molecular flexibility index (Phi) is 11.2. The number of ether oxygens (including phenoxy) is 2. The third-order valence-electron chi connectivity index (χ3n) is 4.15. The molecule has 2 N–H and O–H groups in total. The molecule has 0 saturated heterocycles. The topological polar surface area (TPSA) is 129 Å². The first kappa shape index (κ1) is 30.7. The van der Waals surface area contributed by atoms with Gasteiger partial charge >= 0.3 is 12.2 Å². The summed E-state index contributed by atoms with van der Waals surface area (Å²) in [6.07, 6.45) is -1.71. The predicted octanol–water partition coefficient (Wildman–Crippen LogP) is 6.55. The van der Waals surface area contributed by atoms with Crippen LogP contribution in [0, 0.1) is 22.7 Å². The van der Waals surface area contributed by atoms with E-state index in [4.69, 9.17) is 43.7 Å². The van der Waals surface area contributed by atoms with E-state index >= 15 is 0 Å². The van der Waals surface area contributed by atoms with E-state index in [-0.39, 0.29) is 6.54 Å². The van der Waals surface area contributed by atoms with Crippen molar-refractivity contribution in [1.82, 2.24) is 4.90 Å². The second-order valence-electron chi connectivity index (χ2n) is 9.58. The van der Waals surface area contributed by atoms with Gasteiger partial charge in [-0.15, -0.1) is 0 Å². The number of nitriles is 2. The second-order valence-corrected chi connectivity index (χ2v) is 10.5. The number of hydrogen-bond acceptors (Lipinski definition) is 7. The van der Waals surface area contributed by atoms with Gasteiger partial charge in [-0.05, 0) is 89.1 Å². The van der Waals surface area contributed by atoms with Crippen LogP contribution in [0.3, 0.4) is 0 Å². The number of benzene rings is 2. The first-order valence-corrected chi connectivity index (χ1v) is 11.7. The number of nitrogens with two attached hydrogens (primary N) is 1. The van der Waals surface area contributed by atoms with Crippen molar-refractivity contribution >= 4 is 35.4 Å². The van der Waals surface area contributed by atoms with Crippen molar-refractivity contribution < 1.29 is 19.1 Å². The molecule has 192 valence electrons. The fraction of sp³-hybridized carbons (Fsp3) is 0.385. The number of carbonyl (C=O) groups excluding carboxylic acids is 2. The number of halogens is 2. The standard InChI is InChI=1S/C18H23ClN2O4.C8H7ClN2/c1-17(2,3)24-15(22)21(16(23)25-18(4,5)6)11-13-9-14(19)8-7-12(13)10-20;9-8-2-1-6(4-10)7(3-8)5-11/h7-9H,11H2,1-6H3;1-3H,5,11H2. The van der Waals surface area contributed by atoms with Crippen molar-refractivity contribution in [3.63, 3.8) is 0 Å². The van der Waals surface area contributed by atoms with Gasteiger partial charge in [-0.1, -0.05) is 23.2 Å². The van der Waals surface area contributed by atoms with Gasteiger partial charge in [-0.2, -0.15) is 10.5 Å². The summed E-state index contributed by atoms with van der Waals surface area (Å²) >= 11 is 11.7. The van der Waals surface area contributed by atoms with Crippen molar-refractivity contribution in [1.29, 1.82) is 10.5 Å². The van der Waals surface area contributed by atoms with E-state index in [9.17, 15) is 14.9 Å². The second kappa shape index (κ2) is 13.1. The summed E-state index contributed by atoms with van der Waals surface area (Å²) < 4.78 is 10.6. The molecular weight excluding hydrogens is 503 g/mol. The third kappa shape index (κ3) is 10.5. The van der Waals surface area contributed by atoms with Gasteiger partial charge in [0.1, 0.15) is 11.2 Å². The van der Waals surface area contributed by atoms with E-state index in [0.29, 0.717) is 33.3 Å². The molecule has 8 nitrogen and oxygen atoms in total. The quantitative estimate of drug-likeness (QED) is 0.473. The average molecular weight is 533 g/mol. The lowest BCUT2D eigenvalue weighted by Crippen LogP contribution is -2.43. The van der Waals surface area contributed by atoms with Crippen LogP contribution in [0.2, 0.25) is 10.0 Å². The van der Waals surface area contributed by atoms with Gasteiger partial charge in [0.25, 0.3) is 0 Å². The van der Waals surface area contributed by atoms with Crippen molar-refractivity contribution in [3.8, 4) is 12.1 Å². The Morgan fingerprint density at radius 1 is 0.833 bits per heavy atom. The van der Waals surface area contributed by atoms with Crippen molar-refractivity contribution in [3.05, 3.63) is 68.7 Å². The lowest BCUT2D eigenvalue weighted by molar-refractivity contribution is -0.000259. The molecule has 0 radical (unpaired) electrons. The molecule has 0 aliphatic carbocycles. The van der Waals surface area contributed by atoms with Crippen LogP contribution in [0.5, 0.6) is 0 Å². The lowest BCUT2D eigenvalue weighted by Gasteiger charge is -2.28. The van der Waals surface area contributed by atoms with Crippen molar-refractivity contribution in [2.45, 2.75) is 65.8 Å². The minimum absolute atomic E-state index is 0.187. The van der Waals surface area contributed by atoms with Crippen molar-refractivity contribution in [2.75, 3.05) is 0 Å². The fourth-order valence-corrected chi connectivity index (χ4v) is 3.04. The summed E-state index contributed by atoms with van der Waals surface area (Å²) in [4.78, 5) is 25.7. The molecule has 10 heteroatoms. The van der Waals surface area contributed by atoms with Crippen molar-refractivity contribution in [2.24, 2.45) is 5.73 Å². The molecule has 2 rings (SSSR count). The van der Waals surface area contributed by atoms with E-state index in [1.807, 2.05) is 12.1 Å². The largest absolute Gasteiger partial charge is 0.443 e. The molecule has 2 aromatic carbocycles. The lowest BCUT2D eigenvalue weighted by atomic mass is 10.1. The van der Waals surface area contributed by atoms with Crippen LogP contribution in [0.4, 0.5) is 9.59 Å². The maximum Gasteiger partial charge on any atom is 0.420 e. The van der Waals surface area contributed by atoms with Gasteiger partial charge < -0.3 is 15.2 Å². The highest BCUT2D eigenvalue weighted by Crippen LogP contribution is 2.21. The van der Waals surface area contributed by atoms with Gasteiger partial charge in [-0.3, -0.25) is 0 Å². The molecule has 0 spiro atoms. The van der Waals surface area contributed by atoms with E-state index < -0.39 is 23.4 Å². The molecule has 0 aliphatic rings. The maximum absolute atomic E-state index is 12.5. The highest BCUT2D eigenvalue weighted by molar-refractivity contribution is 6.31. The third-order valence-corrected chi connectivity index (χ3v) is 4.62. The highest BCUT2D eigenvalue weighted by atomic mass is 35.5. The van der Waals surface area contributed by atoms with E-state index in [1.54, 1.807) is 65.8 Å². The molecule has 0 unspecified atom stereocenters. The summed E-state index contributed by atoms with van der Waals surface area (Å²) in [7, 11) is 0. The van der Waals surface area contributed by atoms with Crippen LogP contribution in [0.25, 0.3) is 0 Å². The highest BCUT2D eigenvalue weighted by Gasteiger charge is 2.31. The normalized spacial score (nSPS) is 10.8. The van der Waals surface area contributed by atoms with Crippen LogP contribution in [0.1, 0.15) is 63.8 Å². The molecule has 0 bridgehead atoms. The zero-order valence-electron chi connectivity index (χ0n) is 21.2. The first-order chi connectivity index (χ1) is 16.6. The molecule has 0 aliphatic heterocycles. The molecule has 0 aromatic heterocycles. The molecule has 0 atom stereocenters. The Labute approximate surface area is 222 Å². The molecule has 0 saturated carbocycles. The Morgan fingerprint density at radius 3 is 1.58 bits per heavy atom. The molecule has 0 fully saturated rings. The van der Waals surface area contributed by atoms with E-state index in [1.165, 1.54) is 12.1 Å². The van der Waals surface area contributed by atoms with Gasteiger partial charge in [0, 0.05) is 16.6 Å². The fourth-order valence-electron chi connectivity index (χ4n) is 2.65. The Balaban J connectivity index is 0.000000488. The molecule has 2 amide bonds. The van der Waals surface area contributed by atoms with Crippen LogP contribution < -0.4 is 5.73 Å². The van der Waals surface area contributed by atoms with Crippen LogP contribution in [-0.2, 0) is 22.6 Å². The maximum atomic E-state index is 12.5. The van der Waals surface area contributed by atoms with Crippen LogP contribution >= 0.6 is 23.2 Å². The summed E-state index contributed by atoms with van der Waals surface area (Å²) in [6, 6.07) is 13.7. The zero-order valence-corrected chi connectivity index (χ0v) is 22.7. The Morgan fingerprint density at radius 2 is 1.22 bits per heavy atom. The number of nitrogens with zero attached hydrogens (tertiary/aromatic N) is 3. The zero-order chi connectivity index (χ0) is 27.7. The monoisotopic (exact) mass is 532 g/mol. The Hall–Kier alpha value is -3.30. The molecule has 2 aromatic rings. The SMILES string of the molecule is CC(C)(C)OC(=O)N(Cc1cc(Cl)ccc1C#N)C(=O)OC(C)(C)C.N#Cc1ccc(Cl)cc1CN. The predicted molar refractivity (Wildman–Crippen MR) is 138 cm³/mol. The Bertz CT molecular complexity index is 1140. The average Bonchev–Trinajstić information content (AvgIpc) is 2.75. The summed E-state index contributed by atoms with van der Waals surface area (Å²) in [5.74, 6) is 0. The van der Waals surface area contributed by atoms with Gasteiger partial charge in [0.05, 0.1) is 29.8 Å². The summed E-state index contributed by atoms with van der Waals surface area (Å²) in [5.41, 5.74) is 5.93. The van der Waals surface area contributed by atoms with Crippen LogP contribution in [-0.4, -0.2) is 28.3 Å². The van der Waals surface area contributed by atoms with Gasteiger partial charge in [0.15, 0.2) is 0 Å². The number of imide groups is 1. The molecule has 0 heterocycles. The number of hydrogen-bond donors (Lipinski definition) is 1. The van der Waals surface area contributed by atoms with Crippen LogP contribution in [0.15, 0.2) is 36.4 Å². The minimum atomic E-state index is -0.856. The van der Waals surface area contributed by atoms with E-state index in [2.05, 4.69) is 0 Å². The van der Waals surface area contributed by atoms with Gasteiger partial charge in [-0.25, -0.2) is 14.5 Å². The summed E-state index contributed by atoms with van der Waals surface area (Å²) in [5, 5.41) is 18.8. The molecular formula is C26H30Cl2N4O4. The number of amides is 2. The smallest absolute Gasteiger partial charge is 0.420 e. The molecule has 36 heavy (non-hydrogen) atoms. The number of rotatable bonds is 3. The van der Waals surface area contributed by atoms with Gasteiger partial charge in [0.2, 0.25) is 0 Å². The summed E-state index contributed by atoms with van der Waals surface area (Å²) in [6.45, 7) is 10.3. The van der Waals surface area contributed by atoms with E-state index in [0.717, 1.165) is 10.5 Å². The first-order valence-electron chi connectivity index (χ1n) is 10.9.